The molecule has 0 atom stereocenters. The molecule has 0 amide bonds. The van der Waals surface area contributed by atoms with Crippen LogP contribution in [0, 0.1) is 0 Å². The highest BCUT2D eigenvalue weighted by molar-refractivity contribution is 6.10. The van der Waals surface area contributed by atoms with Gasteiger partial charge in [-0.15, -0.1) is 0 Å². The van der Waals surface area contributed by atoms with Crippen LogP contribution in [0.3, 0.4) is 0 Å². The van der Waals surface area contributed by atoms with Gasteiger partial charge in [0.25, 0.3) is 42.1 Å². The predicted molar refractivity (Wildman–Crippen MR) is 133 cm³/mol. The molecule has 3 aromatic carbocycles. The van der Waals surface area contributed by atoms with Gasteiger partial charge in [0.2, 0.25) is 11.2 Å². The molecule has 39 heavy (non-hydrogen) atoms. The molecule has 4 aromatic rings. The van der Waals surface area contributed by atoms with Gasteiger partial charge < -0.3 is 36.6 Å². The number of halogens is 2. The Morgan fingerprint density at radius 2 is 1.23 bits per heavy atom. The van der Waals surface area contributed by atoms with E-state index < -0.39 is 42.1 Å². The van der Waals surface area contributed by atoms with Crippen molar-refractivity contribution in [3.05, 3.63) is 66.7 Å². The van der Waals surface area contributed by atoms with Gasteiger partial charge in [-0.1, -0.05) is 24.3 Å². The van der Waals surface area contributed by atoms with Crippen LogP contribution in [0.15, 0.2) is 66.7 Å². The number of nitrogen functional groups attached to an aromatic ring is 2. The van der Waals surface area contributed by atoms with E-state index in [1.807, 2.05) is 12.1 Å². The van der Waals surface area contributed by atoms with Gasteiger partial charge in [0.1, 0.15) is 0 Å². The molecular weight excluding hydrogens is 730 g/mol. The second kappa shape index (κ2) is 15.8. The quantitative estimate of drug-likeness (QED) is 0.0609. The molecule has 12 heteroatoms. The van der Waals surface area contributed by atoms with E-state index in [-0.39, 0.29) is 0 Å². The summed E-state index contributed by atoms with van der Waals surface area (Å²) in [7, 11) is 2.35. The highest BCUT2D eigenvalue weighted by atomic mass is 127. The largest absolute Gasteiger partial charge is 0.427 e. The van der Waals surface area contributed by atoms with E-state index in [9.17, 15) is 0 Å². The summed E-state index contributed by atoms with van der Waals surface area (Å²) in [5.74, 6) is 0. The second-order valence-corrected chi connectivity index (χ2v) is 11.3. The number of aryl methyl sites for hydroxylation is 1. The average Bonchev–Trinajstić information content (AvgIpc) is 2.88. The number of quaternary nitrogens is 1. The molecule has 0 spiro atoms. The molecule has 0 fully saturated rings. The minimum absolute atomic E-state index is 0.784. The molecule has 1 heterocycles. The van der Waals surface area contributed by atoms with E-state index in [0.29, 0.717) is 0 Å². The van der Waals surface area contributed by atoms with Crippen molar-refractivity contribution in [1.29, 1.82) is 0 Å². The fourth-order valence-corrected chi connectivity index (χ4v) is 4.55. The molecule has 0 aliphatic rings. The Morgan fingerprint density at radius 3 is 1.77 bits per heavy atom. The van der Waals surface area contributed by atoms with E-state index >= 15 is 0 Å². The second-order valence-electron chi connectivity index (χ2n) is 9.15. The number of fused-ring (bicyclic) bond motifs is 3. The summed E-state index contributed by atoms with van der Waals surface area (Å²) >= 11 is -8.03. The lowest BCUT2D eigenvalue weighted by Crippen LogP contribution is -4.05. The van der Waals surface area contributed by atoms with E-state index in [1.165, 1.54) is 32.9 Å². The summed E-state index contributed by atoms with van der Waals surface area (Å²) in [6, 6.07) is 23.1. The van der Waals surface area contributed by atoms with Crippen molar-refractivity contribution in [3.63, 3.8) is 0 Å². The van der Waals surface area contributed by atoms with Crippen LogP contribution in [0.25, 0.3) is 32.9 Å². The molecule has 0 saturated heterocycles. The zero-order valence-corrected chi connectivity index (χ0v) is 26.5. The summed E-state index contributed by atoms with van der Waals surface area (Å²) in [6.07, 6.45) is 1.10. The highest BCUT2D eigenvalue weighted by Gasteiger charge is 2.25. The molecule has 212 valence electrons. The molecule has 0 bridgehead atoms. The number of aromatic nitrogens is 1. The van der Waals surface area contributed by atoms with Gasteiger partial charge in [0.15, 0.2) is 6.54 Å². The van der Waals surface area contributed by atoms with E-state index in [1.54, 1.807) is 0 Å². The van der Waals surface area contributed by atoms with Crippen LogP contribution in [0.2, 0.25) is 0 Å². The summed E-state index contributed by atoms with van der Waals surface area (Å²) in [5.41, 5.74) is 17.7. The smallest absolute Gasteiger partial charge is 0.282 e. The zero-order chi connectivity index (χ0) is 29.2. The Hall–Kier alpha value is -1.89. The van der Waals surface area contributed by atoms with Gasteiger partial charge in [-0.3, -0.25) is 0 Å². The minimum Gasteiger partial charge on any atom is -0.427 e. The summed E-state index contributed by atoms with van der Waals surface area (Å²) in [5, 5.41) is 3.61. The number of nitrogens with two attached hydrogens (primary N) is 2. The van der Waals surface area contributed by atoms with Crippen molar-refractivity contribution >= 4 is 33.1 Å². The first kappa shape index (κ1) is 33.3. The number of hydrogen-bond acceptors (Lipinski definition) is 8. The van der Waals surface area contributed by atoms with Gasteiger partial charge in [0, 0.05) is 28.4 Å². The maximum absolute atomic E-state index is 8.57. The summed E-state index contributed by atoms with van der Waals surface area (Å²) in [6.45, 7) is 8.93. The first-order valence-electron chi connectivity index (χ1n) is 12.2. The third kappa shape index (κ3) is 9.91. The topological polar surface area (TPSA) is 194 Å². The zero-order valence-electron chi connectivity index (χ0n) is 22.1. The van der Waals surface area contributed by atoms with Crippen molar-refractivity contribution < 1.29 is 71.8 Å². The SMILES string of the molecule is CC[N+](C)(CC)CCC[n+]1c(-c2ccccc2)c2cc(N)ccc2c2ccc(N)cc21.[O-][I+2]([O-])[O-].[O-][I+2]([O-])[O-]. The first-order valence-corrected chi connectivity index (χ1v) is 17.5. The molecule has 0 unspecified atom stereocenters. The van der Waals surface area contributed by atoms with Crippen molar-refractivity contribution in [3.8, 4) is 11.3 Å². The number of rotatable bonds is 7. The van der Waals surface area contributed by atoms with Gasteiger partial charge in [0.05, 0.1) is 43.9 Å². The van der Waals surface area contributed by atoms with Crippen LogP contribution in [0.1, 0.15) is 20.3 Å². The molecular formula is C27H34I2N4O6. The Labute approximate surface area is 246 Å². The summed E-state index contributed by atoms with van der Waals surface area (Å²) < 4.78 is 55.0. The molecule has 4 N–H and O–H groups in total. The standard InChI is InChI=1S/C27H33N4.2IO3/c1-4-31(3,5-2)17-9-16-30-26-19-22(29)13-15-24(26)23-14-12-21(28)18-25(23)27(30)20-10-7-6-8-11-20;2*2-1(3)4/h6-8,10-15,18-19,29H,4-5,9,16-17,28H2,1-3H3;;/q+1;2*-1/p+1. The van der Waals surface area contributed by atoms with Crippen molar-refractivity contribution in [2.75, 3.05) is 38.1 Å². The maximum atomic E-state index is 8.57. The molecule has 0 aliphatic carbocycles. The Kier molecular flexibility index (Phi) is 13.5. The lowest BCUT2D eigenvalue weighted by Gasteiger charge is -2.31. The van der Waals surface area contributed by atoms with Crippen LogP contribution in [0.4, 0.5) is 11.4 Å². The van der Waals surface area contributed by atoms with Crippen LogP contribution in [-0.4, -0.2) is 31.2 Å². The third-order valence-electron chi connectivity index (χ3n) is 6.83. The van der Waals surface area contributed by atoms with Crippen molar-refractivity contribution in [2.24, 2.45) is 0 Å². The summed E-state index contributed by atoms with van der Waals surface area (Å²) in [4.78, 5) is 0. The number of pyridine rings is 1. The fraction of sp³-hybridized carbons (Fsp3) is 0.296. The number of nitrogens with zero attached hydrogens (tertiary/aromatic N) is 2. The Balaban J connectivity index is 0.000000590. The molecule has 0 radical (unpaired) electrons. The predicted octanol–water partition coefficient (Wildman–Crippen LogP) is -8.14. The normalized spacial score (nSPS) is 11.4. The lowest BCUT2D eigenvalue weighted by atomic mass is 9.98. The van der Waals surface area contributed by atoms with Gasteiger partial charge in [-0.25, -0.2) is 0 Å². The maximum Gasteiger partial charge on any atom is 0.282 e. The van der Waals surface area contributed by atoms with E-state index in [2.05, 4.69) is 80.1 Å². The molecule has 0 saturated carbocycles. The van der Waals surface area contributed by atoms with Crippen LogP contribution in [0.5, 0.6) is 0 Å². The van der Waals surface area contributed by atoms with Gasteiger partial charge >= 0.3 is 0 Å². The molecule has 10 nitrogen and oxygen atoms in total. The van der Waals surface area contributed by atoms with Crippen LogP contribution in [-0.2, 0) is 6.54 Å². The molecule has 4 rings (SSSR count). The Morgan fingerprint density at radius 1 is 0.718 bits per heavy atom. The van der Waals surface area contributed by atoms with Crippen molar-refractivity contribution in [1.82, 2.24) is 0 Å². The molecule has 1 aromatic heterocycles. The molecule has 0 aliphatic heterocycles. The highest BCUT2D eigenvalue weighted by Crippen LogP contribution is 2.33. The van der Waals surface area contributed by atoms with Crippen molar-refractivity contribution in [2.45, 2.75) is 26.8 Å². The van der Waals surface area contributed by atoms with Gasteiger partial charge in [-0.05, 0) is 50.2 Å². The minimum atomic E-state index is -4.01. The average molecular weight is 764 g/mol. The number of benzene rings is 3. The monoisotopic (exact) mass is 764 g/mol. The third-order valence-corrected chi connectivity index (χ3v) is 6.83. The lowest BCUT2D eigenvalue weighted by molar-refractivity contribution is -1.73. The first-order chi connectivity index (χ1) is 18.4. The van der Waals surface area contributed by atoms with E-state index in [0.717, 1.165) is 48.5 Å². The van der Waals surface area contributed by atoms with Crippen LogP contribution < -0.4 is 78.8 Å². The van der Waals surface area contributed by atoms with E-state index in [4.69, 9.17) is 32.1 Å². The van der Waals surface area contributed by atoms with Crippen LogP contribution >= 0.6 is 0 Å². The number of hydrogen-bond donors (Lipinski definition) is 2. The number of anilines is 2. The Bertz CT molecular complexity index is 1330. The van der Waals surface area contributed by atoms with Gasteiger partial charge in [-0.2, -0.15) is 4.57 Å². The fourth-order valence-electron chi connectivity index (χ4n) is 4.55.